The fourth-order valence-corrected chi connectivity index (χ4v) is 2.20. The van der Waals surface area contributed by atoms with E-state index >= 15 is 0 Å². The quantitative estimate of drug-likeness (QED) is 0.610. The van der Waals surface area contributed by atoms with Crippen LogP contribution in [-0.2, 0) is 4.52 Å². The monoisotopic (exact) mass is 178 g/mol. The van der Waals surface area contributed by atoms with Crippen LogP contribution >= 0.6 is 8.45 Å². The summed E-state index contributed by atoms with van der Waals surface area (Å²) < 4.78 is 9.90. The van der Waals surface area contributed by atoms with Gasteiger partial charge in [-0.1, -0.05) is 0 Å². The van der Waals surface area contributed by atoms with E-state index in [-0.39, 0.29) is 0 Å². The highest BCUT2D eigenvalue weighted by Gasteiger charge is 2.16. The third-order valence-corrected chi connectivity index (χ3v) is 2.97. The molecule has 0 unspecified atom stereocenters. The Labute approximate surface area is 71.3 Å². The molecule has 0 fully saturated rings. The molecule has 0 saturated heterocycles. The largest absolute Gasteiger partial charge is 0.329 e. The SMILES string of the molecule is CC(C)OP(N(C)C)N(C)C. The van der Waals surface area contributed by atoms with Gasteiger partial charge in [-0.3, -0.25) is 9.34 Å². The lowest BCUT2D eigenvalue weighted by atomic mass is 10.5. The topological polar surface area (TPSA) is 15.7 Å². The number of rotatable bonds is 4. The van der Waals surface area contributed by atoms with Crippen LogP contribution in [0.3, 0.4) is 0 Å². The Balaban J connectivity index is 3.90. The zero-order chi connectivity index (χ0) is 9.02. The van der Waals surface area contributed by atoms with Gasteiger partial charge in [-0.25, -0.2) is 0 Å². The Hall–Kier alpha value is 0.310. The maximum Gasteiger partial charge on any atom is 0.187 e. The van der Waals surface area contributed by atoms with Gasteiger partial charge in [0.05, 0.1) is 6.10 Å². The lowest BCUT2D eigenvalue weighted by Crippen LogP contribution is -2.20. The fourth-order valence-electron chi connectivity index (χ4n) is 0.735. The van der Waals surface area contributed by atoms with Crippen molar-refractivity contribution in [3.63, 3.8) is 0 Å². The highest BCUT2D eigenvalue weighted by molar-refractivity contribution is 7.47. The van der Waals surface area contributed by atoms with Crippen molar-refractivity contribution in [1.82, 2.24) is 9.34 Å². The summed E-state index contributed by atoms with van der Waals surface area (Å²) in [7, 11) is 7.59. The number of hydrogen-bond donors (Lipinski definition) is 0. The standard InChI is InChI=1S/C7H19N2OP/c1-7(2)10-11(8(3)4)9(5)6/h7H,1-6H3. The van der Waals surface area contributed by atoms with Gasteiger partial charge in [0, 0.05) is 0 Å². The third-order valence-electron chi connectivity index (χ3n) is 0.989. The van der Waals surface area contributed by atoms with E-state index in [1.165, 1.54) is 0 Å². The van der Waals surface area contributed by atoms with Crippen LogP contribution in [0.15, 0.2) is 0 Å². The van der Waals surface area contributed by atoms with Crippen molar-refractivity contribution in [3.05, 3.63) is 0 Å². The minimum Gasteiger partial charge on any atom is -0.329 e. The summed E-state index contributed by atoms with van der Waals surface area (Å²) in [4.78, 5) is 0. The molecule has 0 aliphatic carbocycles. The van der Waals surface area contributed by atoms with Crippen LogP contribution in [0.4, 0.5) is 0 Å². The van der Waals surface area contributed by atoms with Crippen molar-refractivity contribution in [2.24, 2.45) is 0 Å². The molecule has 0 radical (unpaired) electrons. The van der Waals surface area contributed by atoms with Crippen molar-refractivity contribution in [2.45, 2.75) is 20.0 Å². The smallest absolute Gasteiger partial charge is 0.187 e. The molecule has 0 aromatic carbocycles. The first-order valence-electron chi connectivity index (χ1n) is 3.76. The summed E-state index contributed by atoms with van der Waals surface area (Å²) in [6, 6.07) is 0. The van der Waals surface area contributed by atoms with E-state index in [0.717, 1.165) is 0 Å². The minimum absolute atomic E-state index is 0.297. The molecular formula is C7H19N2OP. The molecule has 0 aliphatic rings. The van der Waals surface area contributed by atoms with Gasteiger partial charge in [-0.15, -0.1) is 0 Å². The van der Waals surface area contributed by atoms with Crippen molar-refractivity contribution in [2.75, 3.05) is 28.2 Å². The van der Waals surface area contributed by atoms with Crippen LogP contribution in [-0.4, -0.2) is 43.6 Å². The van der Waals surface area contributed by atoms with Gasteiger partial charge in [0.15, 0.2) is 8.45 Å². The maximum atomic E-state index is 5.69. The van der Waals surface area contributed by atoms with E-state index in [0.29, 0.717) is 6.10 Å². The van der Waals surface area contributed by atoms with Crippen molar-refractivity contribution >= 4 is 8.45 Å². The van der Waals surface area contributed by atoms with Crippen LogP contribution in [0.2, 0.25) is 0 Å². The molecule has 11 heavy (non-hydrogen) atoms. The molecule has 68 valence electrons. The van der Waals surface area contributed by atoms with Gasteiger partial charge in [-0.05, 0) is 42.0 Å². The molecular weight excluding hydrogens is 159 g/mol. The van der Waals surface area contributed by atoms with Gasteiger partial charge < -0.3 is 4.52 Å². The van der Waals surface area contributed by atoms with Gasteiger partial charge in [0.2, 0.25) is 0 Å². The Morgan fingerprint density at radius 2 is 1.36 bits per heavy atom. The molecule has 0 bridgehead atoms. The molecule has 0 N–H and O–H groups in total. The second-order valence-electron chi connectivity index (χ2n) is 3.10. The molecule has 0 amide bonds. The molecule has 3 nitrogen and oxygen atoms in total. The second-order valence-corrected chi connectivity index (χ2v) is 5.42. The Kier molecular flexibility index (Phi) is 5.19. The third kappa shape index (κ3) is 4.70. The van der Waals surface area contributed by atoms with Crippen LogP contribution in [0.25, 0.3) is 0 Å². The van der Waals surface area contributed by atoms with Crippen LogP contribution in [0.5, 0.6) is 0 Å². The highest BCUT2D eigenvalue weighted by atomic mass is 31.2. The molecule has 0 spiro atoms. The fraction of sp³-hybridized carbons (Fsp3) is 1.00. The Bertz CT molecular complexity index is 98.6. The summed E-state index contributed by atoms with van der Waals surface area (Å²) in [6.45, 7) is 4.12. The van der Waals surface area contributed by atoms with Gasteiger partial charge >= 0.3 is 0 Å². The number of nitrogens with zero attached hydrogens (tertiary/aromatic N) is 2. The molecule has 0 aromatic heterocycles. The van der Waals surface area contributed by atoms with Crippen LogP contribution in [0.1, 0.15) is 13.8 Å². The maximum absolute atomic E-state index is 5.69. The molecule has 0 heterocycles. The minimum atomic E-state index is -0.551. The molecule has 0 aliphatic heterocycles. The summed E-state index contributed by atoms with van der Waals surface area (Å²) in [5, 5.41) is 0. The van der Waals surface area contributed by atoms with Gasteiger partial charge in [0.1, 0.15) is 0 Å². The Morgan fingerprint density at radius 1 is 1.00 bits per heavy atom. The lowest BCUT2D eigenvalue weighted by molar-refractivity contribution is 0.232. The average molecular weight is 178 g/mol. The molecule has 0 atom stereocenters. The normalized spacial score (nSPS) is 12.5. The zero-order valence-corrected chi connectivity index (χ0v) is 9.22. The molecule has 0 rings (SSSR count). The molecule has 0 aromatic rings. The van der Waals surface area contributed by atoms with E-state index in [1.54, 1.807) is 0 Å². The van der Waals surface area contributed by atoms with Crippen molar-refractivity contribution < 1.29 is 4.52 Å². The highest BCUT2D eigenvalue weighted by Crippen LogP contribution is 2.41. The zero-order valence-electron chi connectivity index (χ0n) is 8.33. The number of hydrogen-bond acceptors (Lipinski definition) is 3. The summed E-state index contributed by atoms with van der Waals surface area (Å²) in [5.74, 6) is 0. The molecule has 0 saturated carbocycles. The van der Waals surface area contributed by atoms with E-state index in [4.69, 9.17) is 4.52 Å². The lowest BCUT2D eigenvalue weighted by Gasteiger charge is -2.30. The first kappa shape index (κ1) is 11.3. The average Bonchev–Trinajstić information content (AvgIpc) is 1.81. The van der Waals surface area contributed by atoms with E-state index < -0.39 is 8.45 Å². The van der Waals surface area contributed by atoms with Gasteiger partial charge in [0.25, 0.3) is 0 Å². The first-order valence-corrected chi connectivity index (χ1v) is 4.93. The predicted molar refractivity (Wildman–Crippen MR) is 50.5 cm³/mol. The van der Waals surface area contributed by atoms with E-state index in [9.17, 15) is 0 Å². The van der Waals surface area contributed by atoms with E-state index in [1.807, 2.05) is 28.2 Å². The Morgan fingerprint density at radius 3 is 1.45 bits per heavy atom. The predicted octanol–water partition coefficient (Wildman–Crippen LogP) is 1.76. The van der Waals surface area contributed by atoms with Crippen molar-refractivity contribution in [3.8, 4) is 0 Å². The van der Waals surface area contributed by atoms with Gasteiger partial charge in [-0.2, -0.15) is 0 Å². The first-order chi connectivity index (χ1) is 4.95. The summed E-state index contributed by atoms with van der Waals surface area (Å²) in [5.41, 5.74) is 0. The van der Waals surface area contributed by atoms with Crippen molar-refractivity contribution in [1.29, 1.82) is 0 Å². The molecule has 4 heteroatoms. The van der Waals surface area contributed by atoms with Crippen LogP contribution < -0.4 is 0 Å². The van der Waals surface area contributed by atoms with Crippen LogP contribution in [0, 0.1) is 0 Å². The second kappa shape index (κ2) is 5.04. The summed E-state index contributed by atoms with van der Waals surface area (Å²) >= 11 is 0. The van der Waals surface area contributed by atoms with E-state index in [2.05, 4.69) is 23.2 Å². The summed E-state index contributed by atoms with van der Waals surface area (Å²) in [6.07, 6.45) is 0.297.